The number of hydrogen-bond acceptors (Lipinski definition) is 2. The van der Waals surface area contributed by atoms with Gasteiger partial charge in [-0.15, -0.1) is 4.47 Å². The van der Waals surface area contributed by atoms with Crippen LogP contribution in [0.2, 0.25) is 0 Å². The van der Waals surface area contributed by atoms with Crippen LogP contribution in [-0.4, -0.2) is 18.1 Å². The molecule has 4 heteroatoms. The van der Waals surface area contributed by atoms with Gasteiger partial charge in [-0.2, -0.15) is 5.01 Å². The van der Waals surface area contributed by atoms with E-state index in [-0.39, 0.29) is 0 Å². The highest BCUT2D eigenvalue weighted by Crippen LogP contribution is 2.24. The molecule has 1 rings (SSSR count). The summed E-state index contributed by atoms with van der Waals surface area (Å²) in [6.45, 7) is 0. The zero-order valence-corrected chi connectivity index (χ0v) is 6.34. The van der Waals surface area contributed by atoms with E-state index in [0.29, 0.717) is 6.04 Å². The second-order valence-corrected chi connectivity index (χ2v) is 2.72. The maximum absolute atomic E-state index is 4.58. The fourth-order valence-electron chi connectivity index (χ4n) is 0.567. The van der Waals surface area contributed by atoms with Gasteiger partial charge in [0.15, 0.2) is 0 Å². The van der Waals surface area contributed by atoms with Crippen LogP contribution < -0.4 is 0 Å². The van der Waals surface area contributed by atoms with Crippen molar-refractivity contribution >= 4 is 21.3 Å². The molecular weight excluding hydrogens is 140 g/mol. The molecule has 0 atom stereocenters. The fourth-order valence-corrected chi connectivity index (χ4v) is 1.12. The first-order chi connectivity index (χ1) is 3.84. The standard InChI is InChI=1S/C4H8N2S2/c1-6(5-8-7)4-2-3-4/h4H,2-3H2,1H3. The van der Waals surface area contributed by atoms with Crippen molar-refractivity contribution in [1.82, 2.24) is 5.01 Å². The maximum Gasteiger partial charge on any atom is 0.0477 e. The lowest BCUT2D eigenvalue weighted by Gasteiger charge is -2.02. The minimum absolute atomic E-state index is 0.699. The quantitative estimate of drug-likeness (QED) is 0.536. The zero-order chi connectivity index (χ0) is 5.98. The van der Waals surface area contributed by atoms with Crippen molar-refractivity contribution in [3.8, 4) is 0 Å². The van der Waals surface area contributed by atoms with Gasteiger partial charge >= 0.3 is 0 Å². The predicted molar refractivity (Wildman–Crippen MR) is 37.9 cm³/mol. The van der Waals surface area contributed by atoms with Crippen LogP contribution in [-0.2, 0) is 21.3 Å². The van der Waals surface area contributed by atoms with E-state index < -0.39 is 0 Å². The van der Waals surface area contributed by atoms with Gasteiger partial charge in [0, 0.05) is 34.4 Å². The van der Waals surface area contributed by atoms with Crippen LogP contribution in [0.25, 0.3) is 0 Å². The zero-order valence-electron chi connectivity index (χ0n) is 4.70. The van der Waals surface area contributed by atoms with Crippen LogP contribution in [0.5, 0.6) is 0 Å². The average Bonchev–Trinajstić information content (AvgIpc) is 2.45. The summed E-state index contributed by atoms with van der Waals surface area (Å²) in [4.78, 5) is 0. The van der Waals surface area contributed by atoms with E-state index in [2.05, 4.69) is 15.7 Å². The molecule has 0 spiro atoms. The summed E-state index contributed by atoms with van der Waals surface area (Å²) in [5, 5.41) is 1.94. The molecule has 8 heavy (non-hydrogen) atoms. The molecule has 0 unspecified atom stereocenters. The lowest BCUT2D eigenvalue weighted by Crippen LogP contribution is -2.11. The van der Waals surface area contributed by atoms with Gasteiger partial charge in [0.1, 0.15) is 0 Å². The molecule has 0 bridgehead atoms. The van der Waals surface area contributed by atoms with E-state index >= 15 is 0 Å². The second kappa shape index (κ2) is 2.66. The molecule has 0 radical (unpaired) electrons. The van der Waals surface area contributed by atoms with Crippen LogP contribution in [0.3, 0.4) is 0 Å². The van der Waals surface area contributed by atoms with Gasteiger partial charge in [-0.3, -0.25) is 0 Å². The Hall–Kier alpha value is 0.200. The Labute approximate surface area is 57.2 Å². The van der Waals surface area contributed by atoms with Crippen molar-refractivity contribution < 1.29 is 0 Å². The maximum atomic E-state index is 4.58. The summed E-state index contributed by atoms with van der Waals surface area (Å²) in [5.74, 6) is 0. The molecule has 0 aliphatic heterocycles. The summed E-state index contributed by atoms with van der Waals surface area (Å²) < 4.78 is 3.95. The molecule has 2 nitrogen and oxygen atoms in total. The predicted octanol–water partition coefficient (Wildman–Crippen LogP) is 0.724. The lowest BCUT2D eigenvalue weighted by atomic mass is 10.7. The van der Waals surface area contributed by atoms with Crippen molar-refractivity contribution in [2.24, 2.45) is 4.47 Å². The highest BCUT2D eigenvalue weighted by Gasteiger charge is 2.25. The molecule has 1 saturated carbocycles. The lowest BCUT2D eigenvalue weighted by molar-refractivity contribution is 0.352. The normalized spacial score (nSPS) is 18.8. The molecule has 0 aromatic heterocycles. The summed E-state index contributed by atoms with van der Waals surface area (Å²) in [5.41, 5.74) is 0. The molecular formula is C4H8N2S2. The third-order valence-electron chi connectivity index (χ3n) is 1.24. The topological polar surface area (TPSA) is 15.6 Å². The summed E-state index contributed by atoms with van der Waals surface area (Å²) in [6.07, 6.45) is 2.58. The van der Waals surface area contributed by atoms with Crippen molar-refractivity contribution in [3.05, 3.63) is 0 Å². The van der Waals surface area contributed by atoms with Gasteiger partial charge in [-0.05, 0) is 12.8 Å². The van der Waals surface area contributed by atoms with Crippen LogP contribution >= 0.6 is 0 Å². The molecule has 1 aliphatic carbocycles. The van der Waals surface area contributed by atoms with Crippen LogP contribution in [0.15, 0.2) is 4.47 Å². The van der Waals surface area contributed by atoms with E-state index in [9.17, 15) is 0 Å². The van der Waals surface area contributed by atoms with Gasteiger partial charge in [0.2, 0.25) is 0 Å². The molecule has 1 fully saturated rings. The van der Waals surface area contributed by atoms with Crippen LogP contribution in [0.4, 0.5) is 0 Å². The summed E-state index contributed by atoms with van der Waals surface area (Å²) in [6, 6.07) is 0.699. The Morgan fingerprint density at radius 3 is 2.75 bits per heavy atom. The largest absolute Gasteiger partial charge is 0.189 e. The number of rotatable bonds is 2. The van der Waals surface area contributed by atoms with Gasteiger partial charge in [-0.25, -0.2) is 0 Å². The van der Waals surface area contributed by atoms with E-state index in [1.165, 1.54) is 12.8 Å². The summed E-state index contributed by atoms with van der Waals surface area (Å²) in [7, 11) is 3.08. The highest BCUT2D eigenvalue weighted by atomic mass is 32.8. The van der Waals surface area contributed by atoms with E-state index in [1.807, 2.05) is 12.1 Å². The Morgan fingerprint density at radius 2 is 2.38 bits per heavy atom. The van der Waals surface area contributed by atoms with E-state index in [0.717, 1.165) is 10.1 Å². The third-order valence-corrected chi connectivity index (χ3v) is 1.76. The minimum Gasteiger partial charge on any atom is -0.189 e. The average molecular weight is 148 g/mol. The fraction of sp³-hybridized carbons (Fsp3) is 1.00. The minimum atomic E-state index is 0.699. The van der Waals surface area contributed by atoms with Gasteiger partial charge in [-0.1, -0.05) is 0 Å². The first-order valence-electron chi connectivity index (χ1n) is 2.57. The van der Waals surface area contributed by atoms with Gasteiger partial charge in [0.25, 0.3) is 0 Å². The molecule has 0 amide bonds. The second-order valence-electron chi connectivity index (χ2n) is 1.96. The van der Waals surface area contributed by atoms with Gasteiger partial charge < -0.3 is 0 Å². The SMILES string of the molecule is CN(N=S=S)C1CC1. The first-order valence-corrected chi connectivity index (χ1v) is 4.27. The highest BCUT2D eigenvalue weighted by molar-refractivity contribution is 8.12. The van der Waals surface area contributed by atoms with E-state index in [4.69, 9.17) is 0 Å². The Bertz CT molecular complexity index is 126. The first kappa shape index (κ1) is 6.32. The van der Waals surface area contributed by atoms with Crippen molar-refractivity contribution in [3.63, 3.8) is 0 Å². The van der Waals surface area contributed by atoms with Gasteiger partial charge in [0.05, 0.1) is 0 Å². The molecule has 1 aliphatic rings. The smallest absolute Gasteiger partial charge is 0.0477 e. The Balaban J connectivity index is 2.32. The number of nitrogens with zero attached hydrogens (tertiary/aromatic N) is 2. The number of hydrogen-bond donors (Lipinski definition) is 0. The third kappa shape index (κ3) is 1.61. The summed E-state index contributed by atoms with van der Waals surface area (Å²) >= 11 is 4.58. The molecule has 0 aromatic rings. The van der Waals surface area contributed by atoms with Crippen molar-refractivity contribution in [2.75, 3.05) is 7.05 Å². The van der Waals surface area contributed by atoms with Crippen LogP contribution in [0, 0.1) is 0 Å². The molecule has 0 saturated heterocycles. The Morgan fingerprint density at radius 1 is 1.75 bits per heavy atom. The van der Waals surface area contributed by atoms with E-state index in [1.54, 1.807) is 0 Å². The van der Waals surface area contributed by atoms with Crippen molar-refractivity contribution in [1.29, 1.82) is 0 Å². The molecule has 46 valence electrons. The van der Waals surface area contributed by atoms with Crippen molar-refractivity contribution in [2.45, 2.75) is 18.9 Å². The molecule has 0 N–H and O–H groups in total. The molecule has 0 heterocycles. The Kier molecular flexibility index (Phi) is 2.10. The molecule has 0 aromatic carbocycles. The van der Waals surface area contributed by atoms with Crippen LogP contribution in [0.1, 0.15) is 12.8 Å². The monoisotopic (exact) mass is 148 g/mol.